The highest BCUT2D eigenvalue weighted by atomic mass is 16.5. The predicted molar refractivity (Wildman–Crippen MR) is 128 cm³/mol. The third kappa shape index (κ3) is 4.90. The van der Waals surface area contributed by atoms with Crippen LogP contribution in [0.3, 0.4) is 0 Å². The normalized spacial score (nSPS) is 16.4. The van der Waals surface area contributed by atoms with Crippen molar-refractivity contribution in [2.45, 2.75) is 32.9 Å². The molecule has 1 atom stereocenters. The van der Waals surface area contributed by atoms with E-state index in [1.165, 1.54) is 0 Å². The van der Waals surface area contributed by atoms with E-state index in [0.29, 0.717) is 12.6 Å². The van der Waals surface area contributed by atoms with Gasteiger partial charge in [-0.1, -0.05) is 6.07 Å². The van der Waals surface area contributed by atoms with E-state index in [1.807, 2.05) is 18.2 Å². The molecule has 0 amide bonds. The largest absolute Gasteiger partial charge is 0.497 e. The Hall–Kier alpha value is -3.42. The maximum absolute atomic E-state index is 5.42. The van der Waals surface area contributed by atoms with Crippen LogP contribution in [-0.2, 0) is 6.54 Å². The van der Waals surface area contributed by atoms with Crippen molar-refractivity contribution in [3.63, 3.8) is 0 Å². The third-order valence-electron chi connectivity index (χ3n) is 5.72. The Morgan fingerprint density at radius 2 is 1.97 bits per heavy atom. The zero-order chi connectivity index (χ0) is 22.5. The van der Waals surface area contributed by atoms with Crippen LogP contribution in [0.2, 0.25) is 0 Å². The van der Waals surface area contributed by atoms with Crippen molar-refractivity contribution < 1.29 is 9.47 Å². The number of imidazole rings is 1. The smallest absolute Gasteiger partial charge is 0.191 e. The topological polar surface area (TPSA) is 75.4 Å². The number of anilines is 1. The van der Waals surface area contributed by atoms with E-state index in [-0.39, 0.29) is 0 Å². The first-order valence-corrected chi connectivity index (χ1v) is 11.1. The Morgan fingerprint density at radius 1 is 1.19 bits per heavy atom. The minimum Gasteiger partial charge on any atom is -0.497 e. The van der Waals surface area contributed by atoms with Gasteiger partial charge in [-0.15, -0.1) is 0 Å². The summed E-state index contributed by atoms with van der Waals surface area (Å²) in [6, 6.07) is 12.4. The fourth-order valence-corrected chi connectivity index (χ4v) is 4.04. The van der Waals surface area contributed by atoms with Crippen LogP contribution < -0.4 is 25.0 Å². The molecule has 0 aliphatic carbocycles. The maximum Gasteiger partial charge on any atom is 0.191 e. The summed E-state index contributed by atoms with van der Waals surface area (Å²) in [6.07, 6.45) is 3.09. The van der Waals surface area contributed by atoms with Crippen LogP contribution in [0, 0.1) is 6.92 Å². The van der Waals surface area contributed by atoms with Gasteiger partial charge in [-0.25, -0.2) is 9.98 Å². The minimum absolute atomic E-state index is 0.299. The standard InChI is InChI=1S/C24H32N6O2/c1-5-25-24(26-14-19-16-30-17(2)7-6-8-23(30)27-19)28-18-9-10-29(15-18)20-11-21(31-3)13-22(12-20)32-4/h6-8,11-13,16,18H,5,9-10,14-15H2,1-4H3,(H2,25,26,28). The molecule has 32 heavy (non-hydrogen) atoms. The molecule has 4 rings (SSSR count). The number of ether oxygens (including phenoxy) is 2. The lowest BCUT2D eigenvalue weighted by Gasteiger charge is -2.21. The van der Waals surface area contributed by atoms with Crippen molar-refractivity contribution in [3.05, 3.63) is 54.0 Å². The molecule has 0 radical (unpaired) electrons. The molecule has 0 bridgehead atoms. The van der Waals surface area contributed by atoms with Crippen LogP contribution in [0.5, 0.6) is 11.5 Å². The van der Waals surface area contributed by atoms with Crippen LogP contribution >= 0.6 is 0 Å². The molecule has 2 N–H and O–H groups in total. The van der Waals surface area contributed by atoms with Gasteiger partial charge in [0.15, 0.2) is 5.96 Å². The van der Waals surface area contributed by atoms with Gasteiger partial charge in [-0.2, -0.15) is 0 Å². The average Bonchev–Trinajstić information content (AvgIpc) is 3.45. The second kappa shape index (κ2) is 9.80. The van der Waals surface area contributed by atoms with Crippen molar-refractivity contribution in [1.82, 2.24) is 20.0 Å². The number of nitrogens with one attached hydrogen (secondary N) is 2. The zero-order valence-corrected chi connectivity index (χ0v) is 19.3. The van der Waals surface area contributed by atoms with Gasteiger partial charge in [0.2, 0.25) is 0 Å². The Balaban J connectivity index is 1.42. The number of hydrogen-bond acceptors (Lipinski definition) is 5. The Morgan fingerprint density at radius 3 is 2.66 bits per heavy atom. The summed E-state index contributed by atoms with van der Waals surface area (Å²) in [5.41, 5.74) is 4.17. The molecule has 1 aromatic carbocycles. The lowest BCUT2D eigenvalue weighted by molar-refractivity contribution is 0.394. The summed E-state index contributed by atoms with van der Waals surface area (Å²) in [5, 5.41) is 6.95. The highest BCUT2D eigenvalue weighted by molar-refractivity contribution is 5.80. The van der Waals surface area contributed by atoms with Gasteiger partial charge < -0.3 is 29.4 Å². The fraction of sp³-hybridized carbons (Fsp3) is 0.417. The van der Waals surface area contributed by atoms with E-state index in [0.717, 1.165) is 66.2 Å². The zero-order valence-electron chi connectivity index (χ0n) is 19.3. The molecule has 1 aliphatic heterocycles. The second-order valence-electron chi connectivity index (χ2n) is 7.97. The molecule has 3 aromatic rings. The second-order valence-corrected chi connectivity index (χ2v) is 7.97. The number of aromatic nitrogens is 2. The van der Waals surface area contributed by atoms with E-state index in [9.17, 15) is 0 Å². The number of pyridine rings is 1. The maximum atomic E-state index is 5.42. The van der Waals surface area contributed by atoms with Crippen LogP contribution in [-0.4, -0.2) is 55.2 Å². The van der Waals surface area contributed by atoms with Crippen LogP contribution in [0.25, 0.3) is 5.65 Å². The fourth-order valence-electron chi connectivity index (χ4n) is 4.04. The van der Waals surface area contributed by atoms with Gasteiger partial charge in [-0.3, -0.25) is 0 Å². The van der Waals surface area contributed by atoms with Gasteiger partial charge in [0.1, 0.15) is 17.1 Å². The molecule has 1 aliphatic rings. The van der Waals surface area contributed by atoms with Crippen molar-refractivity contribution in [1.29, 1.82) is 0 Å². The molecular formula is C24H32N6O2. The van der Waals surface area contributed by atoms with Gasteiger partial charge in [-0.05, 0) is 32.4 Å². The van der Waals surface area contributed by atoms with Crippen molar-refractivity contribution in [2.75, 3.05) is 38.8 Å². The number of hydrogen-bond donors (Lipinski definition) is 2. The van der Waals surface area contributed by atoms with Gasteiger partial charge in [0.25, 0.3) is 0 Å². The first-order valence-electron chi connectivity index (χ1n) is 11.1. The molecule has 8 heteroatoms. The van der Waals surface area contributed by atoms with E-state index in [4.69, 9.17) is 19.5 Å². The van der Waals surface area contributed by atoms with Crippen molar-refractivity contribution in [2.24, 2.45) is 4.99 Å². The Bertz CT molecular complexity index is 1070. The number of nitrogens with zero attached hydrogens (tertiary/aromatic N) is 4. The summed E-state index contributed by atoms with van der Waals surface area (Å²) in [7, 11) is 3.35. The molecule has 0 saturated carbocycles. The summed E-state index contributed by atoms with van der Waals surface area (Å²) in [4.78, 5) is 11.8. The summed E-state index contributed by atoms with van der Waals surface area (Å²) in [5.74, 6) is 2.41. The third-order valence-corrected chi connectivity index (χ3v) is 5.72. The number of guanidine groups is 1. The van der Waals surface area contributed by atoms with Crippen LogP contribution in [0.15, 0.2) is 47.6 Å². The number of fused-ring (bicyclic) bond motifs is 1. The lowest BCUT2D eigenvalue weighted by Crippen LogP contribution is -2.44. The van der Waals surface area contributed by atoms with Crippen molar-refractivity contribution >= 4 is 17.3 Å². The molecule has 3 heterocycles. The Labute approximate surface area is 189 Å². The first-order chi connectivity index (χ1) is 15.6. The monoisotopic (exact) mass is 436 g/mol. The molecule has 8 nitrogen and oxygen atoms in total. The molecule has 1 fully saturated rings. The van der Waals surface area contributed by atoms with E-state index < -0.39 is 0 Å². The summed E-state index contributed by atoms with van der Waals surface area (Å²) >= 11 is 0. The molecule has 1 saturated heterocycles. The van der Waals surface area contributed by atoms with E-state index in [1.54, 1.807) is 14.2 Å². The molecule has 170 valence electrons. The van der Waals surface area contributed by atoms with Crippen molar-refractivity contribution in [3.8, 4) is 11.5 Å². The SMILES string of the molecule is CCNC(=NCc1cn2c(C)cccc2n1)NC1CCN(c2cc(OC)cc(OC)c2)C1. The highest BCUT2D eigenvalue weighted by Crippen LogP contribution is 2.30. The summed E-state index contributed by atoms with van der Waals surface area (Å²) < 4.78 is 12.9. The molecule has 0 spiro atoms. The molecular weight excluding hydrogens is 404 g/mol. The quantitative estimate of drug-likeness (QED) is 0.438. The summed E-state index contributed by atoms with van der Waals surface area (Å²) in [6.45, 7) is 7.33. The number of methoxy groups -OCH3 is 2. The number of aryl methyl sites for hydroxylation is 1. The predicted octanol–water partition coefficient (Wildman–Crippen LogP) is 2.99. The van der Waals surface area contributed by atoms with Gasteiger partial charge in [0.05, 0.1) is 26.5 Å². The van der Waals surface area contributed by atoms with Crippen LogP contribution in [0.4, 0.5) is 5.69 Å². The van der Waals surface area contributed by atoms with Gasteiger partial charge in [0, 0.05) is 61.5 Å². The number of benzene rings is 1. The van der Waals surface area contributed by atoms with E-state index in [2.05, 4.69) is 58.2 Å². The van der Waals surface area contributed by atoms with E-state index >= 15 is 0 Å². The minimum atomic E-state index is 0.299. The highest BCUT2D eigenvalue weighted by Gasteiger charge is 2.24. The Kier molecular flexibility index (Phi) is 6.68. The number of rotatable bonds is 7. The first kappa shape index (κ1) is 21.8. The lowest BCUT2D eigenvalue weighted by atomic mass is 10.2. The average molecular weight is 437 g/mol. The molecule has 1 unspecified atom stereocenters. The number of aliphatic imine (C=N–C) groups is 1. The van der Waals surface area contributed by atoms with Gasteiger partial charge >= 0.3 is 0 Å². The molecule has 2 aromatic heterocycles. The van der Waals surface area contributed by atoms with Crippen LogP contribution in [0.1, 0.15) is 24.7 Å².